The van der Waals surface area contributed by atoms with Gasteiger partial charge < -0.3 is 4.74 Å². The van der Waals surface area contributed by atoms with Gasteiger partial charge in [-0.2, -0.15) is 13.2 Å². The molecule has 0 saturated carbocycles. The van der Waals surface area contributed by atoms with Crippen molar-refractivity contribution in [3.63, 3.8) is 0 Å². The number of fused-ring (bicyclic) bond motifs is 1. The highest BCUT2D eigenvalue weighted by Gasteiger charge is 2.34. The molecule has 0 radical (unpaired) electrons. The molecule has 1 saturated heterocycles. The second-order valence-electron chi connectivity index (χ2n) is 6.56. The molecule has 1 atom stereocenters. The van der Waals surface area contributed by atoms with Crippen LogP contribution in [0.15, 0.2) is 18.2 Å². The summed E-state index contributed by atoms with van der Waals surface area (Å²) in [6.07, 6.45) is -3.45. The van der Waals surface area contributed by atoms with Crippen LogP contribution >= 0.6 is 0 Å². The lowest BCUT2D eigenvalue weighted by Crippen LogP contribution is -2.43. The molecule has 23 heavy (non-hydrogen) atoms. The Bertz CT molecular complexity index is 541. The molecule has 2 heterocycles. The maximum atomic E-state index is 12.7. The molecule has 0 aromatic heterocycles. The molecule has 128 valence electrons. The zero-order chi connectivity index (χ0) is 16.4. The average Bonchev–Trinajstić information content (AvgIpc) is 2.48. The zero-order valence-corrected chi connectivity index (χ0v) is 13.4. The number of nitrogens with zero attached hydrogens (tertiary/aromatic N) is 2. The Kier molecular flexibility index (Phi) is 4.94. The van der Waals surface area contributed by atoms with Gasteiger partial charge in [-0.05, 0) is 30.0 Å². The van der Waals surface area contributed by atoms with Crippen molar-refractivity contribution in [3.8, 4) is 0 Å². The van der Waals surface area contributed by atoms with Crippen LogP contribution in [0.4, 0.5) is 13.2 Å². The maximum Gasteiger partial charge on any atom is 0.401 e. The first-order valence-corrected chi connectivity index (χ1v) is 8.12. The summed E-state index contributed by atoms with van der Waals surface area (Å²) in [5.41, 5.74) is 3.46. The van der Waals surface area contributed by atoms with E-state index in [4.69, 9.17) is 4.74 Å². The molecule has 1 aromatic carbocycles. The Hall–Kier alpha value is -1.11. The van der Waals surface area contributed by atoms with E-state index < -0.39 is 12.7 Å². The predicted molar refractivity (Wildman–Crippen MR) is 82.2 cm³/mol. The summed E-state index contributed by atoms with van der Waals surface area (Å²) in [6.45, 7) is 5.74. The number of hydrogen-bond donors (Lipinski definition) is 0. The summed E-state index contributed by atoms with van der Waals surface area (Å²) in [4.78, 5) is 3.87. The van der Waals surface area contributed by atoms with Crippen molar-refractivity contribution in [2.75, 3.05) is 32.8 Å². The molecule has 0 aliphatic carbocycles. The van der Waals surface area contributed by atoms with Crippen LogP contribution in [0.3, 0.4) is 0 Å². The van der Waals surface area contributed by atoms with Crippen LogP contribution in [0.5, 0.6) is 0 Å². The number of morpholine rings is 1. The monoisotopic (exact) mass is 328 g/mol. The van der Waals surface area contributed by atoms with Crippen molar-refractivity contribution in [2.45, 2.75) is 38.7 Å². The second kappa shape index (κ2) is 6.79. The Morgan fingerprint density at radius 1 is 1.17 bits per heavy atom. The van der Waals surface area contributed by atoms with Crippen molar-refractivity contribution >= 4 is 0 Å². The largest absolute Gasteiger partial charge is 0.401 e. The third kappa shape index (κ3) is 4.46. The fraction of sp³-hybridized carbons (Fsp3) is 0.647. The minimum Gasteiger partial charge on any atom is -0.379 e. The summed E-state index contributed by atoms with van der Waals surface area (Å²) in [7, 11) is 0. The Balaban J connectivity index is 1.68. The molecule has 3 nitrogen and oxygen atoms in total. The third-order valence-electron chi connectivity index (χ3n) is 4.68. The fourth-order valence-corrected chi connectivity index (χ4v) is 3.40. The summed E-state index contributed by atoms with van der Waals surface area (Å²) in [6, 6.07) is 6.14. The van der Waals surface area contributed by atoms with Crippen LogP contribution in [0.1, 0.15) is 23.6 Å². The number of benzene rings is 1. The standard InChI is InChI=1S/C17H23F3N2O/c1-13-8-16-9-14(10-21-4-6-23-7-5-21)2-3-15(16)11-22(13)12-17(18,19)20/h2-3,9,13H,4-8,10-12H2,1H3. The normalized spacial score (nSPS) is 23.7. The minimum absolute atomic E-state index is 0.0808. The van der Waals surface area contributed by atoms with E-state index in [0.29, 0.717) is 13.0 Å². The van der Waals surface area contributed by atoms with Gasteiger partial charge in [0.1, 0.15) is 0 Å². The van der Waals surface area contributed by atoms with Gasteiger partial charge in [-0.3, -0.25) is 9.80 Å². The van der Waals surface area contributed by atoms with Gasteiger partial charge in [0, 0.05) is 32.2 Å². The lowest BCUT2D eigenvalue weighted by Gasteiger charge is -2.35. The van der Waals surface area contributed by atoms with Gasteiger partial charge >= 0.3 is 6.18 Å². The Morgan fingerprint density at radius 2 is 1.91 bits per heavy atom. The van der Waals surface area contributed by atoms with Gasteiger partial charge in [-0.15, -0.1) is 0 Å². The molecule has 0 spiro atoms. The van der Waals surface area contributed by atoms with Gasteiger partial charge in [0.15, 0.2) is 0 Å². The average molecular weight is 328 g/mol. The molecule has 2 aliphatic rings. The van der Waals surface area contributed by atoms with Crippen molar-refractivity contribution in [1.82, 2.24) is 9.80 Å². The quantitative estimate of drug-likeness (QED) is 0.849. The number of hydrogen-bond acceptors (Lipinski definition) is 3. The third-order valence-corrected chi connectivity index (χ3v) is 4.68. The highest BCUT2D eigenvalue weighted by molar-refractivity contribution is 5.34. The summed E-state index contributed by atoms with van der Waals surface area (Å²) < 4.78 is 43.3. The fourth-order valence-electron chi connectivity index (χ4n) is 3.40. The lowest BCUT2D eigenvalue weighted by atomic mass is 9.93. The van der Waals surface area contributed by atoms with Gasteiger partial charge in [0.2, 0.25) is 0 Å². The van der Waals surface area contributed by atoms with Gasteiger partial charge in [-0.1, -0.05) is 18.2 Å². The van der Waals surface area contributed by atoms with Crippen LogP contribution in [-0.4, -0.2) is 54.9 Å². The SMILES string of the molecule is CC1Cc2cc(CN3CCOCC3)ccc2CN1CC(F)(F)F. The molecule has 1 unspecified atom stereocenters. The molecule has 2 aliphatic heterocycles. The number of alkyl halides is 3. The van der Waals surface area contributed by atoms with Crippen LogP contribution in [0.2, 0.25) is 0 Å². The second-order valence-corrected chi connectivity index (χ2v) is 6.56. The van der Waals surface area contributed by atoms with E-state index in [-0.39, 0.29) is 6.04 Å². The van der Waals surface area contributed by atoms with E-state index in [1.165, 1.54) is 16.0 Å². The predicted octanol–water partition coefficient (Wildman–Crippen LogP) is 2.83. The first kappa shape index (κ1) is 16.7. The van der Waals surface area contributed by atoms with Gasteiger partial charge in [0.05, 0.1) is 19.8 Å². The number of rotatable bonds is 3. The maximum absolute atomic E-state index is 12.7. The Morgan fingerprint density at radius 3 is 2.61 bits per heavy atom. The first-order valence-electron chi connectivity index (χ1n) is 8.12. The molecular formula is C17H23F3N2O. The van der Waals surface area contributed by atoms with Crippen LogP contribution in [-0.2, 0) is 24.2 Å². The highest BCUT2D eigenvalue weighted by atomic mass is 19.4. The zero-order valence-electron chi connectivity index (χ0n) is 13.4. The van der Waals surface area contributed by atoms with Crippen molar-refractivity contribution in [2.24, 2.45) is 0 Å². The highest BCUT2D eigenvalue weighted by Crippen LogP contribution is 2.28. The van der Waals surface area contributed by atoms with E-state index in [9.17, 15) is 13.2 Å². The molecule has 1 aromatic rings. The van der Waals surface area contributed by atoms with E-state index in [1.807, 2.05) is 13.0 Å². The van der Waals surface area contributed by atoms with E-state index in [2.05, 4.69) is 17.0 Å². The molecule has 0 amide bonds. The molecule has 3 rings (SSSR count). The van der Waals surface area contributed by atoms with Gasteiger partial charge in [0.25, 0.3) is 0 Å². The van der Waals surface area contributed by atoms with E-state index in [1.54, 1.807) is 0 Å². The van der Waals surface area contributed by atoms with E-state index in [0.717, 1.165) is 38.4 Å². The number of halogens is 3. The molecule has 0 N–H and O–H groups in total. The topological polar surface area (TPSA) is 15.7 Å². The van der Waals surface area contributed by atoms with E-state index >= 15 is 0 Å². The molecule has 0 bridgehead atoms. The molecule has 6 heteroatoms. The van der Waals surface area contributed by atoms with Gasteiger partial charge in [-0.25, -0.2) is 0 Å². The lowest BCUT2D eigenvalue weighted by molar-refractivity contribution is -0.152. The molecular weight excluding hydrogens is 305 g/mol. The van der Waals surface area contributed by atoms with Crippen molar-refractivity contribution in [1.29, 1.82) is 0 Å². The van der Waals surface area contributed by atoms with Crippen molar-refractivity contribution < 1.29 is 17.9 Å². The van der Waals surface area contributed by atoms with Crippen molar-refractivity contribution in [3.05, 3.63) is 34.9 Å². The number of ether oxygens (including phenoxy) is 1. The smallest absolute Gasteiger partial charge is 0.379 e. The van der Waals surface area contributed by atoms with Crippen LogP contribution < -0.4 is 0 Å². The first-order chi connectivity index (χ1) is 10.9. The van der Waals surface area contributed by atoms with Crippen LogP contribution in [0, 0.1) is 0 Å². The summed E-state index contributed by atoms with van der Waals surface area (Å²) in [5, 5.41) is 0. The molecule has 1 fully saturated rings. The minimum atomic E-state index is -4.14. The summed E-state index contributed by atoms with van der Waals surface area (Å²) in [5.74, 6) is 0. The van der Waals surface area contributed by atoms with Crippen LogP contribution in [0.25, 0.3) is 0 Å². The summed E-state index contributed by atoms with van der Waals surface area (Å²) >= 11 is 0. The Labute approximate surface area is 135 Å².